The van der Waals surface area contributed by atoms with Crippen molar-refractivity contribution in [1.29, 1.82) is 0 Å². The Kier molecular flexibility index (Phi) is 7.06. The first kappa shape index (κ1) is 22.1. The van der Waals surface area contributed by atoms with E-state index < -0.39 is 6.04 Å². The summed E-state index contributed by atoms with van der Waals surface area (Å²) in [4.78, 5) is 26.2. The molecule has 0 aliphatic heterocycles. The molecule has 5 aliphatic rings. The number of hydrogen-bond acceptors (Lipinski definition) is 3. The summed E-state index contributed by atoms with van der Waals surface area (Å²) in [5.74, 6) is 2.39. The summed E-state index contributed by atoms with van der Waals surface area (Å²) in [5.41, 5.74) is -0.198. The van der Waals surface area contributed by atoms with Crippen LogP contribution in [0.2, 0.25) is 0 Å². The average molecular weight is 419 g/mol. The van der Waals surface area contributed by atoms with E-state index in [2.05, 4.69) is 10.6 Å². The highest BCUT2D eigenvalue weighted by atomic mass is 16.5. The Bertz CT molecular complexity index is 576. The van der Waals surface area contributed by atoms with Crippen LogP contribution in [0.5, 0.6) is 0 Å². The number of nitrogens with one attached hydrogen (secondary N) is 2. The maximum Gasteiger partial charge on any atom is 0.242 e. The van der Waals surface area contributed by atoms with Gasteiger partial charge in [0.15, 0.2) is 0 Å². The van der Waals surface area contributed by atoms with Crippen LogP contribution in [0.25, 0.3) is 0 Å². The van der Waals surface area contributed by atoms with Gasteiger partial charge in [0.1, 0.15) is 6.04 Å². The fourth-order valence-corrected chi connectivity index (χ4v) is 7.09. The molecular weight excluding hydrogens is 376 g/mol. The fraction of sp³-hybridized carbons (Fsp3) is 0.920. The van der Waals surface area contributed by atoms with E-state index in [-0.39, 0.29) is 23.1 Å². The van der Waals surface area contributed by atoms with Gasteiger partial charge in [0.2, 0.25) is 11.8 Å². The van der Waals surface area contributed by atoms with Crippen LogP contribution in [-0.2, 0) is 14.3 Å². The van der Waals surface area contributed by atoms with Crippen LogP contribution in [0.15, 0.2) is 0 Å². The maximum absolute atomic E-state index is 13.4. The maximum atomic E-state index is 13.4. The third kappa shape index (κ3) is 5.03. The van der Waals surface area contributed by atoms with E-state index in [0.29, 0.717) is 19.3 Å². The van der Waals surface area contributed by atoms with E-state index in [4.69, 9.17) is 4.74 Å². The lowest BCUT2D eigenvalue weighted by molar-refractivity contribution is -0.149. The second kappa shape index (κ2) is 9.58. The largest absolute Gasteiger partial charge is 0.378 e. The molecule has 5 nitrogen and oxygen atoms in total. The highest BCUT2D eigenvalue weighted by Gasteiger charge is 2.55. The summed E-state index contributed by atoms with van der Waals surface area (Å²) in [5, 5.41) is 6.23. The Morgan fingerprint density at radius 1 is 0.967 bits per heavy atom. The number of ether oxygens (including phenoxy) is 1. The predicted molar refractivity (Wildman–Crippen MR) is 118 cm³/mol. The van der Waals surface area contributed by atoms with Gasteiger partial charge in [-0.25, -0.2) is 0 Å². The molecule has 0 heterocycles. The lowest BCUT2D eigenvalue weighted by Gasteiger charge is -2.55. The van der Waals surface area contributed by atoms with Gasteiger partial charge >= 0.3 is 0 Å². The highest BCUT2D eigenvalue weighted by Crippen LogP contribution is 2.60. The molecule has 5 saturated carbocycles. The molecule has 0 spiro atoms. The van der Waals surface area contributed by atoms with Gasteiger partial charge in [-0.15, -0.1) is 0 Å². The van der Waals surface area contributed by atoms with E-state index >= 15 is 0 Å². The van der Waals surface area contributed by atoms with Crippen LogP contribution in [0.4, 0.5) is 0 Å². The number of carbonyl (C=O) groups excluding carboxylic acids is 2. The molecule has 5 rings (SSSR count). The number of rotatable bonds is 9. The number of carbonyl (C=O) groups is 2. The molecule has 0 unspecified atom stereocenters. The lowest BCUT2D eigenvalue weighted by Crippen LogP contribution is -2.58. The predicted octanol–water partition coefficient (Wildman–Crippen LogP) is 4.20. The van der Waals surface area contributed by atoms with Gasteiger partial charge in [0.25, 0.3) is 0 Å². The average Bonchev–Trinajstić information content (AvgIpc) is 2.71. The molecule has 170 valence electrons. The molecule has 30 heavy (non-hydrogen) atoms. The minimum atomic E-state index is -0.440. The van der Waals surface area contributed by atoms with Gasteiger partial charge in [-0.1, -0.05) is 33.1 Å². The Balaban J connectivity index is 1.23. The fourth-order valence-electron chi connectivity index (χ4n) is 7.09. The summed E-state index contributed by atoms with van der Waals surface area (Å²) in [6, 6.07) is -0.440. The van der Waals surface area contributed by atoms with Crippen molar-refractivity contribution in [3.8, 4) is 0 Å². The zero-order valence-corrected chi connectivity index (χ0v) is 19.1. The second-order valence-corrected chi connectivity index (χ2v) is 11.2. The Labute approximate surface area is 182 Å². The van der Waals surface area contributed by atoms with Crippen molar-refractivity contribution in [3.63, 3.8) is 0 Å². The van der Waals surface area contributed by atoms with Gasteiger partial charge in [-0.05, 0) is 81.5 Å². The monoisotopic (exact) mass is 418 g/mol. The lowest BCUT2D eigenvalue weighted by atomic mass is 9.49. The molecule has 0 aromatic rings. The summed E-state index contributed by atoms with van der Waals surface area (Å²) in [6.45, 7) is 5.37. The molecule has 5 fully saturated rings. The third-order valence-electron chi connectivity index (χ3n) is 8.28. The highest BCUT2D eigenvalue weighted by molar-refractivity contribution is 5.90. The minimum absolute atomic E-state index is 0.0410. The van der Waals surface area contributed by atoms with E-state index in [1.54, 1.807) is 0 Å². The van der Waals surface area contributed by atoms with E-state index in [1.807, 2.05) is 13.8 Å². The van der Waals surface area contributed by atoms with Crippen LogP contribution in [0, 0.1) is 29.1 Å². The van der Waals surface area contributed by atoms with Crippen LogP contribution in [-0.4, -0.2) is 37.1 Å². The molecule has 0 aromatic heterocycles. The number of hydrogen-bond donors (Lipinski definition) is 2. The van der Waals surface area contributed by atoms with Crippen molar-refractivity contribution < 1.29 is 14.3 Å². The Morgan fingerprint density at radius 3 is 2.13 bits per heavy atom. The van der Waals surface area contributed by atoms with Crippen molar-refractivity contribution in [3.05, 3.63) is 0 Å². The SMILES string of the molecule is CC(C)[C@@H](NC(=O)C12CC3CC(CC(C3)C1)C2)C(=O)NCCCOC1CCCCC1. The molecule has 5 aliphatic carbocycles. The summed E-state index contributed by atoms with van der Waals surface area (Å²) in [7, 11) is 0. The second-order valence-electron chi connectivity index (χ2n) is 11.2. The van der Waals surface area contributed by atoms with E-state index in [9.17, 15) is 9.59 Å². The third-order valence-corrected chi connectivity index (χ3v) is 8.28. The summed E-state index contributed by atoms with van der Waals surface area (Å²) >= 11 is 0. The van der Waals surface area contributed by atoms with Crippen LogP contribution in [0.1, 0.15) is 90.9 Å². The molecule has 0 saturated heterocycles. The van der Waals surface area contributed by atoms with Crippen molar-refractivity contribution in [2.24, 2.45) is 29.1 Å². The standard InChI is InChI=1S/C25H42N2O3/c1-17(2)22(23(28)26-9-6-10-30-21-7-4-3-5-8-21)27-24(29)25-14-18-11-19(15-25)13-20(12-18)16-25/h17-22H,3-16H2,1-2H3,(H,26,28)(H,27,29)/t18?,19?,20?,22-,25?/m1/s1. The topological polar surface area (TPSA) is 67.4 Å². The molecule has 0 radical (unpaired) electrons. The van der Waals surface area contributed by atoms with Gasteiger partial charge in [-0.2, -0.15) is 0 Å². The molecule has 5 heteroatoms. The normalized spacial score (nSPS) is 34.2. The molecule has 0 aromatic carbocycles. The van der Waals surface area contributed by atoms with Gasteiger partial charge in [0.05, 0.1) is 6.10 Å². The van der Waals surface area contributed by atoms with Crippen LogP contribution >= 0.6 is 0 Å². The molecule has 2 amide bonds. The van der Waals surface area contributed by atoms with Gasteiger partial charge in [-0.3, -0.25) is 9.59 Å². The number of amides is 2. The van der Waals surface area contributed by atoms with Gasteiger partial charge < -0.3 is 15.4 Å². The smallest absolute Gasteiger partial charge is 0.242 e. The van der Waals surface area contributed by atoms with Crippen molar-refractivity contribution >= 4 is 11.8 Å². The Hall–Kier alpha value is -1.10. The van der Waals surface area contributed by atoms with Crippen molar-refractivity contribution in [2.75, 3.05) is 13.2 Å². The first-order valence-corrected chi connectivity index (χ1v) is 12.7. The minimum Gasteiger partial charge on any atom is -0.378 e. The first-order valence-electron chi connectivity index (χ1n) is 12.7. The summed E-state index contributed by atoms with van der Waals surface area (Å²) in [6.07, 6.45) is 14.6. The summed E-state index contributed by atoms with van der Waals surface area (Å²) < 4.78 is 5.95. The zero-order valence-electron chi connectivity index (χ0n) is 19.1. The van der Waals surface area contributed by atoms with Crippen LogP contribution < -0.4 is 10.6 Å². The quantitative estimate of drug-likeness (QED) is 0.552. The van der Waals surface area contributed by atoms with E-state index in [1.165, 1.54) is 51.4 Å². The molecule has 2 N–H and O–H groups in total. The first-order chi connectivity index (χ1) is 14.4. The van der Waals surface area contributed by atoms with E-state index in [0.717, 1.165) is 43.4 Å². The van der Waals surface area contributed by atoms with Crippen molar-refractivity contribution in [2.45, 2.75) is 103 Å². The zero-order chi connectivity index (χ0) is 21.1. The Morgan fingerprint density at radius 2 is 1.57 bits per heavy atom. The molecule has 1 atom stereocenters. The van der Waals surface area contributed by atoms with Crippen LogP contribution in [0.3, 0.4) is 0 Å². The van der Waals surface area contributed by atoms with Gasteiger partial charge in [0, 0.05) is 18.6 Å². The van der Waals surface area contributed by atoms with Crippen molar-refractivity contribution in [1.82, 2.24) is 10.6 Å². The molecule has 4 bridgehead atoms. The molecular formula is C25H42N2O3.